The van der Waals surface area contributed by atoms with E-state index < -0.39 is 0 Å². The molecule has 0 amide bonds. The molecular formula is C10H21N. The van der Waals surface area contributed by atoms with Gasteiger partial charge in [0.1, 0.15) is 0 Å². The fourth-order valence-corrected chi connectivity index (χ4v) is 0.814. The molecule has 0 aliphatic heterocycles. The summed E-state index contributed by atoms with van der Waals surface area (Å²) in [6, 6.07) is 0. The maximum absolute atomic E-state index is 3.30. The molecule has 0 aromatic rings. The Balaban J connectivity index is 3.40. The molecule has 0 bridgehead atoms. The van der Waals surface area contributed by atoms with Crippen LogP contribution in [0.2, 0.25) is 0 Å². The Kier molecular flexibility index (Phi) is 6.24. The van der Waals surface area contributed by atoms with E-state index in [9.17, 15) is 0 Å². The Morgan fingerprint density at radius 3 is 2.55 bits per heavy atom. The first-order chi connectivity index (χ1) is 5.18. The van der Waals surface area contributed by atoms with Crippen LogP contribution in [0.5, 0.6) is 0 Å². The standard InChI is InChI=1S/C10H21N/c1-5-11-8-6-7-10(4)9(2)3/h7,9,11H,5-6,8H2,1-4H3. The van der Waals surface area contributed by atoms with Crippen LogP contribution in [-0.4, -0.2) is 13.1 Å². The highest BCUT2D eigenvalue weighted by Crippen LogP contribution is 2.07. The maximum atomic E-state index is 3.30. The molecule has 0 aliphatic rings. The Hall–Kier alpha value is -0.300. The van der Waals surface area contributed by atoms with E-state index in [-0.39, 0.29) is 0 Å². The summed E-state index contributed by atoms with van der Waals surface area (Å²) in [6.07, 6.45) is 3.49. The predicted molar refractivity (Wildman–Crippen MR) is 51.8 cm³/mol. The molecule has 0 saturated carbocycles. The molecule has 0 saturated heterocycles. The minimum Gasteiger partial charge on any atom is -0.317 e. The van der Waals surface area contributed by atoms with Gasteiger partial charge in [0, 0.05) is 0 Å². The van der Waals surface area contributed by atoms with Crippen molar-refractivity contribution in [3.05, 3.63) is 11.6 Å². The highest BCUT2D eigenvalue weighted by Gasteiger charge is 1.93. The lowest BCUT2D eigenvalue weighted by Gasteiger charge is -2.04. The largest absolute Gasteiger partial charge is 0.317 e. The average molecular weight is 155 g/mol. The van der Waals surface area contributed by atoms with Crippen LogP contribution in [-0.2, 0) is 0 Å². The van der Waals surface area contributed by atoms with Crippen LogP contribution in [0.4, 0.5) is 0 Å². The third kappa shape index (κ3) is 6.11. The first-order valence-electron chi connectivity index (χ1n) is 4.55. The smallest absolute Gasteiger partial charge is 0.00143 e. The van der Waals surface area contributed by atoms with Gasteiger partial charge in [-0.3, -0.25) is 0 Å². The Labute approximate surface area is 70.9 Å². The van der Waals surface area contributed by atoms with Gasteiger partial charge < -0.3 is 5.32 Å². The molecule has 0 heterocycles. The zero-order valence-corrected chi connectivity index (χ0v) is 8.28. The van der Waals surface area contributed by atoms with Crippen molar-refractivity contribution in [1.82, 2.24) is 5.32 Å². The summed E-state index contributed by atoms with van der Waals surface area (Å²) in [4.78, 5) is 0. The molecule has 1 heteroatoms. The minimum absolute atomic E-state index is 0.705. The van der Waals surface area contributed by atoms with Crippen molar-refractivity contribution < 1.29 is 0 Å². The van der Waals surface area contributed by atoms with E-state index >= 15 is 0 Å². The molecule has 1 nitrogen and oxygen atoms in total. The summed E-state index contributed by atoms with van der Waals surface area (Å²) >= 11 is 0. The lowest BCUT2D eigenvalue weighted by Crippen LogP contribution is -2.13. The topological polar surface area (TPSA) is 12.0 Å². The third-order valence-corrected chi connectivity index (χ3v) is 1.95. The number of rotatable bonds is 5. The SMILES string of the molecule is CCNCCC=C(C)C(C)C. The van der Waals surface area contributed by atoms with Crippen LogP contribution in [0.1, 0.15) is 34.1 Å². The second-order valence-electron chi connectivity index (χ2n) is 3.25. The number of nitrogens with one attached hydrogen (secondary N) is 1. The van der Waals surface area contributed by atoms with E-state index in [4.69, 9.17) is 0 Å². The van der Waals surface area contributed by atoms with Gasteiger partial charge in [-0.1, -0.05) is 32.4 Å². The fourth-order valence-electron chi connectivity index (χ4n) is 0.814. The van der Waals surface area contributed by atoms with Gasteiger partial charge in [0.15, 0.2) is 0 Å². The molecule has 0 rings (SSSR count). The van der Waals surface area contributed by atoms with E-state index in [2.05, 4.69) is 39.1 Å². The molecule has 0 aromatic carbocycles. The molecule has 0 spiro atoms. The van der Waals surface area contributed by atoms with Gasteiger partial charge in [-0.25, -0.2) is 0 Å². The summed E-state index contributed by atoms with van der Waals surface area (Å²) in [6.45, 7) is 11.0. The van der Waals surface area contributed by atoms with Crippen LogP contribution in [0.15, 0.2) is 11.6 Å². The number of hydrogen-bond donors (Lipinski definition) is 1. The van der Waals surface area contributed by atoms with Crippen LogP contribution in [0.3, 0.4) is 0 Å². The molecule has 0 unspecified atom stereocenters. The average Bonchev–Trinajstić information content (AvgIpc) is 1.97. The quantitative estimate of drug-likeness (QED) is 0.475. The van der Waals surface area contributed by atoms with E-state index in [0.717, 1.165) is 19.5 Å². The third-order valence-electron chi connectivity index (χ3n) is 1.95. The lowest BCUT2D eigenvalue weighted by atomic mass is 10.0. The van der Waals surface area contributed by atoms with E-state index in [1.54, 1.807) is 0 Å². The summed E-state index contributed by atoms with van der Waals surface area (Å²) in [5.74, 6) is 0.705. The first kappa shape index (κ1) is 10.7. The summed E-state index contributed by atoms with van der Waals surface area (Å²) in [5.41, 5.74) is 1.50. The highest BCUT2D eigenvalue weighted by molar-refractivity contribution is 5.00. The van der Waals surface area contributed by atoms with Crippen LogP contribution in [0.25, 0.3) is 0 Å². The second-order valence-corrected chi connectivity index (χ2v) is 3.25. The van der Waals surface area contributed by atoms with Crippen molar-refractivity contribution in [1.29, 1.82) is 0 Å². The molecular weight excluding hydrogens is 134 g/mol. The number of allylic oxidation sites excluding steroid dienone is 1. The van der Waals surface area contributed by atoms with Gasteiger partial charge in [-0.2, -0.15) is 0 Å². The van der Waals surface area contributed by atoms with Gasteiger partial charge in [0.25, 0.3) is 0 Å². The molecule has 0 atom stereocenters. The zero-order chi connectivity index (χ0) is 8.69. The Bertz CT molecular complexity index is 114. The van der Waals surface area contributed by atoms with Gasteiger partial charge in [0.2, 0.25) is 0 Å². The molecule has 0 aliphatic carbocycles. The summed E-state index contributed by atoms with van der Waals surface area (Å²) < 4.78 is 0. The molecule has 66 valence electrons. The highest BCUT2D eigenvalue weighted by atomic mass is 14.8. The number of hydrogen-bond acceptors (Lipinski definition) is 1. The molecule has 1 N–H and O–H groups in total. The van der Waals surface area contributed by atoms with Crippen molar-refractivity contribution in [2.75, 3.05) is 13.1 Å². The molecule has 0 fully saturated rings. The van der Waals surface area contributed by atoms with Crippen molar-refractivity contribution in [3.63, 3.8) is 0 Å². The monoisotopic (exact) mass is 155 g/mol. The van der Waals surface area contributed by atoms with Gasteiger partial charge in [0.05, 0.1) is 0 Å². The normalized spacial score (nSPS) is 12.6. The van der Waals surface area contributed by atoms with Gasteiger partial charge in [-0.15, -0.1) is 0 Å². The Morgan fingerprint density at radius 1 is 1.45 bits per heavy atom. The minimum atomic E-state index is 0.705. The first-order valence-corrected chi connectivity index (χ1v) is 4.55. The summed E-state index contributed by atoms with van der Waals surface area (Å²) in [7, 11) is 0. The van der Waals surface area contributed by atoms with Crippen LogP contribution < -0.4 is 5.32 Å². The van der Waals surface area contributed by atoms with Gasteiger partial charge in [-0.05, 0) is 32.4 Å². The van der Waals surface area contributed by atoms with Gasteiger partial charge >= 0.3 is 0 Å². The van der Waals surface area contributed by atoms with Crippen LogP contribution >= 0.6 is 0 Å². The predicted octanol–water partition coefficient (Wildman–Crippen LogP) is 2.59. The van der Waals surface area contributed by atoms with Crippen molar-refractivity contribution in [2.24, 2.45) is 5.92 Å². The molecule has 0 radical (unpaired) electrons. The fraction of sp³-hybridized carbons (Fsp3) is 0.800. The van der Waals surface area contributed by atoms with Crippen molar-refractivity contribution in [2.45, 2.75) is 34.1 Å². The second kappa shape index (κ2) is 6.41. The maximum Gasteiger partial charge on any atom is -0.00143 e. The lowest BCUT2D eigenvalue weighted by molar-refractivity contribution is 0.711. The van der Waals surface area contributed by atoms with Crippen molar-refractivity contribution in [3.8, 4) is 0 Å². The van der Waals surface area contributed by atoms with Crippen molar-refractivity contribution >= 4 is 0 Å². The summed E-state index contributed by atoms with van der Waals surface area (Å²) in [5, 5.41) is 3.30. The van der Waals surface area contributed by atoms with E-state index in [1.807, 2.05) is 0 Å². The van der Waals surface area contributed by atoms with E-state index in [1.165, 1.54) is 5.57 Å². The van der Waals surface area contributed by atoms with Crippen LogP contribution in [0, 0.1) is 5.92 Å². The molecule has 0 aromatic heterocycles. The van der Waals surface area contributed by atoms with E-state index in [0.29, 0.717) is 5.92 Å². The molecule has 11 heavy (non-hydrogen) atoms. The zero-order valence-electron chi connectivity index (χ0n) is 8.28. The Morgan fingerprint density at radius 2 is 2.09 bits per heavy atom.